The van der Waals surface area contributed by atoms with E-state index in [1.807, 2.05) is 0 Å². The molecule has 1 aliphatic rings. The molecule has 1 atom stereocenters. The van der Waals surface area contributed by atoms with Gasteiger partial charge in [0.15, 0.2) is 0 Å². The van der Waals surface area contributed by atoms with Gasteiger partial charge in [-0.15, -0.1) is 0 Å². The van der Waals surface area contributed by atoms with Gasteiger partial charge in [0.2, 0.25) is 5.91 Å². The Kier molecular flexibility index (Phi) is 2.42. The van der Waals surface area contributed by atoms with Crippen molar-refractivity contribution >= 4 is 17.3 Å². The summed E-state index contributed by atoms with van der Waals surface area (Å²) in [6.07, 6.45) is 3.26. The smallest absolute Gasteiger partial charge is 0.224 e. The molecule has 0 unspecified atom stereocenters. The molecule has 0 radical (unpaired) electrons. The first-order valence-corrected chi connectivity index (χ1v) is 5.20. The number of fused-ring (bicyclic) bond motifs is 1. The molecule has 2 heterocycles. The molecule has 0 saturated heterocycles. The van der Waals surface area contributed by atoms with Gasteiger partial charge in [0.1, 0.15) is 18.2 Å². The van der Waals surface area contributed by atoms with E-state index in [0.717, 1.165) is 11.4 Å². The normalized spacial score (nSPS) is 20.0. The van der Waals surface area contributed by atoms with Crippen LogP contribution in [0.3, 0.4) is 0 Å². The minimum atomic E-state index is 0.0600. The van der Waals surface area contributed by atoms with Crippen molar-refractivity contribution in [1.82, 2.24) is 0 Å². The van der Waals surface area contributed by atoms with Gasteiger partial charge in [-0.1, -0.05) is 13.8 Å². The SMILES string of the molecule is CC(=O)N1C[C@H](C(C)C)Nc2cocc21. The third kappa shape index (κ3) is 1.71. The van der Waals surface area contributed by atoms with Crippen LogP contribution in [0.4, 0.5) is 11.4 Å². The summed E-state index contributed by atoms with van der Waals surface area (Å²) in [5.41, 5.74) is 1.76. The van der Waals surface area contributed by atoms with Crippen LogP contribution in [0.5, 0.6) is 0 Å². The number of hydrogen-bond donors (Lipinski definition) is 1. The summed E-state index contributed by atoms with van der Waals surface area (Å²) in [5, 5.41) is 3.37. The number of carbonyl (C=O) groups excluding carboxylic acids is 1. The highest BCUT2D eigenvalue weighted by Gasteiger charge is 2.29. The van der Waals surface area contributed by atoms with Crippen LogP contribution in [0, 0.1) is 5.92 Å². The van der Waals surface area contributed by atoms with Crippen LogP contribution in [-0.2, 0) is 4.79 Å². The highest BCUT2D eigenvalue weighted by atomic mass is 16.3. The van der Waals surface area contributed by atoms with Crippen LogP contribution < -0.4 is 10.2 Å². The van der Waals surface area contributed by atoms with Gasteiger partial charge in [-0.3, -0.25) is 4.79 Å². The standard InChI is InChI=1S/C11H16N2O2/c1-7(2)9-4-13(8(3)14)11-6-15-5-10(11)12-9/h5-7,9,12H,4H2,1-3H3/t9-/m1/s1. The summed E-state index contributed by atoms with van der Waals surface area (Å²) >= 11 is 0. The van der Waals surface area contributed by atoms with Crippen LogP contribution in [0.15, 0.2) is 16.9 Å². The van der Waals surface area contributed by atoms with E-state index in [2.05, 4.69) is 19.2 Å². The first-order valence-electron chi connectivity index (χ1n) is 5.20. The summed E-state index contributed by atoms with van der Waals surface area (Å²) in [6, 6.07) is 0.291. The van der Waals surface area contributed by atoms with E-state index in [4.69, 9.17) is 4.42 Å². The molecule has 2 rings (SSSR count). The first kappa shape index (κ1) is 10.1. The Morgan fingerprint density at radius 1 is 1.60 bits per heavy atom. The third-order valence-electron chi connectivity index (χ3n) is 2.84. The molecule has 0 aliphatic carbocycles. The molecule has 1 aromatic heterocycles. The monoisotopic (exact) mass is 208 g/mol. The molecule has 0 spiro atoms. The molecule has 0 saturated carbocycles. The largest absolute Gasteiger partial charge is 0.468 e. The minimum Gasteiger partial charge on any atom is -0.468 e. The number of nitrogens with zero attached hydrogens (tertiary/aromatic N) is 1. The van der Waals surface area contributed by atoms with Crippen LogP contribution in [0.1, 0.15) is 20.8 Å². The second kappa shape index (κ2) is 3.61. The van der Waals surface area contributed by atoms with Crippen LogP contribution in [0.25, 0.3) is 0 Å². The highest BCUT2D eigenvalue weighted by Crippen LogP contribution is 2.33. The van der Waals surface area contributed by atoms with Gasteiger partial charge in [-0.05, 0) is 5.92 Å². The van der Waals surface area contributed by atoms with Crippen molar-refractivity contribution < 1.29 is 9.21 Å². The molecular formula is C11H16N2O2. The minimum absolute atomic E-state index is 0.0600. The third-order valence-corrected chi connectivity index (χ3v) is 2.84. The van der Waals surface area contributed by atoms with Gasteiger partial charge in [0.05, 0.1) is 5.69 Å². The lowest BCUT2D eigenvalue weighted by Gasteiger charge is -2.34. The zero-order valence-electron chi connectivity index (χ0n) is 9.28. The molecule has 4 heteroatoms. The van der Waals surface area contributed by atoms with Gasteiger partial charge in [0.25, 0.3) is 0 Å². The second-order valence-corrected chi connectivity index (χ2v) is 4.30. The van der Waals surface area contributed by atoms with E-state index in [0.29, 0.717) is 18.5 Å². The van der Waals surface area contributed by atoms with Crippen molar-refractivity contribution in [1.29, 1.82) is 0 Å². The van der Waals surface area contributed by atoms with E-state index >= 15 is 0 Å². The predicted octanol–water partition coefficient (Wildman–Crippen LogP) is 2.08. The maximum absolute atomic E-state index is 11.5. The Morgan fingerprint density at radius 2 is 2.33 bits per heavy atom. The van der Waals surface area contributed by atoms with Gasteiger partial charge in [-0.25, -0.2) is 0 Å². The fraction of sp³-hybridized carbons (Fsp3) is 0.545. The van der Waals surface area contributed by atoms with E-state index in [1.165, 1.54) is 0 Å². The van der Waals surface area contributed by atoms with E-state index < -0.39 is 0 Å². The fourth-order valence-electron chi connectivity index (χ4n) is 1.82. The number of nitrogens with one attached hydrogen (secondary N) is 1. The second-order valence-electron chi connectivity index (χ2n) is 4.30. The number of rotatable bonds is 1. The Balaban J connectivity index is 2.31. The van der Waals surface area contributed by atoms with E-state index in [9.17, 15) is 4.79 Å². The molecular weight excluding hydrogens is 192 g/mol. The van der Waals surface area contributed by atoms with Crippen molar-refractivity contribution in [3.05, 3.63) is 12.5 Å². The van der Waals surface area contributed by atoms with Crippen LogP contribution in [0.2, 0.25) is 0 Å². The molecule has 1 aliphatic heterocycles. The lowest BCUT2D eigenvalue weighted by Crippen LogP contribution is -2.45. The molecule has 15 heavy (non-hydrogen) atoms. The van der Waals surface area contributed by atoms with Gasteiger partial charge < -0.3 is 14.6 Å². The quantitative estimate of drug-likeness (QED) is 0.768. The van der Waals surface area contributed by atoms with Crippen molar-refractivity contribution in [3.63, 3.8) is 0 Å². The topological polar surface area (TPSA) is 45.5 Å². The summed E-state index contributed by atoms with van der Waals surface area (Å²) < 4.78 is 5.12. The van der Waals surface area contributed by atoms with Gasteiger partial charge >= 0.3 is 0 Å². The molecule has 1 aromatic rings. The van der Waals surface area contributed by atoms with Crippen LogP contribution >= 0.6 is 0 Å². The zero-order valence-corrected chi connectivity index (χ0v) is 9.28. The number of furan rings is 1. The van der Waals surface area contributed by atoms with E-state index in [1.54, 1.807) is 24.3 Å². The zero-order chi connectivity index (χ0) is 11.0. The number of hydrogen-bond acceptors (Lipinski definition) is 3. The fourth-order valence-corrected chi connectivity index (χ4v) is 1.82. The Labute approximate surface area is 89.2 Å². The Morgan fingerprint density at radius 3 is 2.93 bits per heavy atom. The number of anilines is 2. The molecule has 0 fully saturated rings. The summed E-state index contributed by atoms with van der Waals surface area (Å²) in [5.74, 6) is 0.541. The maximum Gasteiger partial charge on any atom is 0.224 e. The predicted molar refractivity (Wildman–Crippen MR) is 59.0 cm³/mol. The number of carbonyl (C=O) groups is 1. The van der Waals surface area contributed by atoms with Crippen molar-refractivity contribution in [3.8, 4) is 0 Å². The van der Waals surface area contributed by atoms with Gasteiger partial charge in [-0.2, -0.15) is 0 Å². The lowest BCUT2D eigenvalue weighted by atomic mass is 10.0. The Hall–Kier alpha value is -1.45. The number of amides is 1. The maximum atomic E-state index is 11.5. The van der Waals surface area contributed by atoms with E-state index in [-0.39, 0.29) is 5.91 Å². The summed E-state index contributed by atoms with van der Waals surface area (Å²) in [7, 11) is 0. The molecule has 0 bridgehead atoms. The summed E-state index contributed by atoms with van der Waals surface area (Å²) in [6.45, 7) is 6.57. The van der Waals surface area contributed by atoms with Crippen molar-refractivity contribution in [2.45, 2.75) is 26.8 Å². The lowest BCUT2D eigenvalue weighted by molar-refractivity contribution is -0.116. The molecule has 4 nitrogen and oxygen atoms in total. The van der Waals surface area contributed by atoms with Crippen molar-refractivity contribution in [2.24, 2.45) is 5.92 Å². The molecule has 82 valence electrons. The molecule has 1 N–H and O–H groups in total. The average Bonchev–Trinajstić information content (AvgIpc) is 2.62. The summed E-state index contributed by atoms with van der Waals surface area (Å²) in [4.78, 5) is 13.2. The Bertz CT molecular complexity index is 370. The first-order chi connectivity index (χ1) is 7.09. The average molecular weight is 208 g/mol. The van der Waals surface area contributed by atoms with Crippen LogP contribution in [-0.4, -0.2) is 18.5 Å². The van der Waals surface area contributed by atoms with Crippen molar-refractivity contribution in [2.75, 3.05) is 16.8 Å². The highest BCUT2D eigenvalue weighted by molar-refractivity contribution is 5.96. The molecule has 1 amide bonds. The molecule has 0 aromatic carbocycles. The van der Waals surface area contributed by atoms with Gasteiger partial charge in [0, 0.05) is 19.5 Å².